The van der Waals surface area contributed by atoms with Gasteiger partial charge >= 0.3 is 0 Å². The van der Waals surface area contributed by atoms with Gasteiger partial charge in [-0.15, -0.1) is 0 Å². The maximum Gasteiger partial charge on any atom is 0.109 e. The van der Waals surface area contributed by atoms with Crippen molar-refractivity contribution in [1.29, 1.82) is 0 Å². The molecule has 1 N–H and O–H groups in total. The summed E-state index contributed by atoms with van der Waals surface area (Å²) in [5.41, 5.74) is 2.34. The van der Waals surface area contributed by atoms with Crippen LogP contribution < -0.4 is 0 Å². The number of nitrogens with zero attached hydrogens (tertiary/aromatic N) is 2. The van der Waals surface area contributed by atoms with Gasteiger partial charge in [0.05, 0.1) is 5.69 Å². The lowest BCUT2D eigenvalue weighted by molar-refractivity contribution is 0.295. The molecule has 2 rings (SSSR count). The first-order valence-electron chi connectivity index (χ1n) is 4.98. The molecule has 0 unspecified atom stereocenters. The Morgan fingerprint density at radius 2 is 2.31 bits per heavy atom. The van der Waals surface area contributed by atoms with Crippen LogP contribution in [0, 0.1) is 6.92 Å². The van der Waals surface area contributed by atoms with Gasteiger partial charge in [-0.25, -0.2) is 4.98 Å². The fourth-order valence-corrected chi connectivity index (χ4v) is 2.10. The van der Waals surface area contributed by atoms with Crippen LogP contribution in [0.15, 0.2) is 0 Å². The topological polar surface area (TPSA) is 38.0 Å². The van der Waals surface area contributed by atoms with Gasteiger partial charge < -0.3 is 9.67 Å². The summed E-state index contributed by atoms with van der Waals surface area (Å²) in [5.74, 6) is 1.22. The molecule has 0 saturated carbocycles. The summed E-state index contributed by atoms with van der Waals surface area (Å²) >= 11 is 0. The zero-order chi connectivity index (χ0) is 9.26. The number of hydrogen-bond acceptors (Lipinski definition) is 2. The van der Waals surface area contributed by atoms with E-state index in [-0.39, 0.29) is 6.61 Å². The summed E-state index contributed by atoms with van der Waals surface area (Å²) in [6.45, 7) is 3.35. The smallest absolute Gasteiger partial charge is 0.109 e. The first kappa shape index (κ1) is 8.75. The molecule has 0 spiro atoms. The van der Waals surface area contributed by atoms with Crippen molar-refractivity contribution in [3.8, 4) is 0 Å². The Bertz CT molecular complexity index is 304. The molecule has 0 amide bonds. The highest BCUT2D eigenvalue weighted by Crippen LogP contribution is 2.19. The van der Waals surface area contributed by atoms with Crippen LogP contribution in [0.1, 0.15) is 30.1 Å². The molecule has 1 aromatic rings. The number of fused-ring (bicyclic) bond motifs is 1. The monoisotopic (exact) mass is 180 g/mol. The van der Waals surface area contributed by atoms with Gasteiger partial charge in [-0.1, -0.05) is 0 Å². The average Bonchev–Trinajstić information content (AvgIpc) is 2.44. The molecule has 0 saturated heterocycles. The Morgan fingerprint density at radius 3 is 3.08 bits per heavy atom. The number of hydrogen-bond donors (Lipinski definition) is 1. The van der Waals surface area contributed by atoms with Crippen LogP contribution in [-0.2, 0) is 19.4 Å². The standard InChI is InChI=1S/C10H16N2O/c1-8-9(5-7-13)12-6-3-2-4-10(12)11-8/h13H,2-7H2,1H3. The normalized spacial score (nSPS) is 15.8. The van der Waals surface area contributed by atoms with E-state index in [4.69, 9.17) is 5.11 Å². The number of aromatic nitrogens is 2. The number of aliphatic hydroxyl groups excluding tert-OH is 1. The molecule has 3 heteroatoms. The quantitative estimate of drug-likeness (QED) is 0.739. The fourth-order valence-electron chi connectivity index (χ4n) is 2.10. The van der Waals surface area contributed by atoms with Gasteiger partial charge in [0, 0.05) is 31.7 Å². The van der Waals surface area contributed by atoms with Gasteiger partial charge in [-0.3, -0.25) is 0 Å². The minimum atomic E-state index is 0.228. The Hall–Kier alpha value is -0.830. The van der Waals surface area contributed by atoms with E-state index in [1.807, 2.05) is 6.92 Å². The maximum atomic E-state index is 8.92. The van der Waals surface area contributed by atoms with Crippen molar-refractivity contribution in [2.75, 3.05) is 6.61 Å². The first-order chi connectivity index (χ1) is 6.33. The van der Waals surface area contributed by atoms with Crippen molar-refractivity contribution < 1.29 is 5.11 Å². The zero-order valence-corrected chi connectivity index (χ0v) is 8.08. The van der Waals surface area contributed by atoms with Crippen molar-refractivity contribution in [1.82, 2.24) is 9.55 Å². The highest BCUT2D eigenvalue weighted by molar-refractivity contribution is 5.17. The molecule has 3 nitrogen and oxygen atoms in total. The molecule has 2 heterocycles. The second-order valence-electron chi connectivity index (χ2n) is 3.64. The van der Waals surface area contributed by atoms with Crippen molar-refractivity contribution in [2.24, 2.45) is 0 Å². The van der Waals surface area contributed by atoms with Crippen molar-refractivity contribution >= 4 is 0 Å². The van der Waals surface area contributed by atoms with E-state index in [0.717, 1.165) is 25.1 Å². The number of aryl methyl sites for hydroxylation is 2. The van der Waals surface area contributed by atoms with Gasteiger partial charge in [0.15, 0.2) is 0 Å². The molecule has 13 heavy (non-hydrogen) atoms. The van der Waals surface area contributed by atoms with Crippen LogP contribution in [0.2, 0.25) is 0 Å². The first-order valence-corrected chi connectivity index (χ1v) is 4.98. The molecule has 72 valence electrons. The predicted octanol–water partition coefficient (Wildman–Crippen LogP) is 1.06. The molecular weight excluding hydrogens is 164 g/mol. The number of imidazole rings is 1. The van der Waals surface area contributed by atoms with Gasteiger partial charge in [-0.05, 0) is 19.8 Å². The molecule has 0 aromatic carbocycles. The lowest BCUT2D eigenvalue weighted by atomic mass is 10.1. The minimum absolute atomic E-state index is 0.228. The third kappa shape index (κ3) is 1.48. The summed E-state index contributed by atoms with van der Waals surface area (Å²) in [4.78, 5) is 4.52. The Kier molecular flexibility index (Phi) is 2.36. The van der Waals surface area contributed by atoms with Crippen LogP contribution in [0.25, 0.3) is 0 Å². The maximum absolute atomic E-state index is 8.92. The number of aliphatic hydroxyl groups is 1. The third-order valence-electron chi connectivity index (χ3n) is 2.73. The van der Waals surface area contributed by atoms with E-state index in [1.165, 1.54) is 24.4 Å². The SMILES string of the molecule is Cc1nc2n(c1CCO)CCCC2. The Morgan fingerprint density at radius 1 is 1.46 bits per heavy atom. The molecular formula is C10H16N2O. The lowest BCUT2D eigenvalue weighted by Gasteiger charge is -2.15. The molecule has 0 radical (unpaired) electrons. The van der Waals surface area contributed by atoms with Crippen LogP contribution in [-0.4, -0.2) is 21.3 Å². The van der Waals surface area contributed by atoms with E-state index in [9.17, 15) is 0 Å². The van der Waals surface area contributed by atoms with Crippen molar-refractivity contribution in [3.05, 3.63) is 17.2 Å². The van der Waals surface area contributed by atoms with Gasteiger partial charge in [0.2, 0.25) is 0 Å². The molecule has 0 fully saturated rings. The Balaban J connectivity index is 2.36. The highest BCUT2D eigenvalue weighted by atomic mass is 16.3. The molecule has 1 aliphatic rings. The Labute approximate surface area is 78.4 Å². The lowest BCUT2D eigenvalue weighted by Crippen LogP contribution is -2.13. The third-order valence-corrected chi connectivity index (χ3v) is 2.73. The molecule has 0 aliphatic carbocycles. The van der Waals surface area contributed by atoms with Gasteiger partial charge in [0.1, 0.15) is 5.82 Å². The fraction of sp³-hybridized carbons (Fsp3) is 0.700. The minimum Gasteiger partial charge on any atom is -0.396 e. The summed E-state index contributed by atoms with van der Waals surface area (Å²) in [6.07, 6.45) is 4.36. The van der Waals surface area contributed by atoms with Crippen LogP contribution in [0.5, 0.6) is 0 Å². The average molecular weight is 180 g/mol. The van der Waals surface area contributed by atoms with E-state index < -0.39 is 0 Å². The zero-order valence-electron chi connectivity index (χ0n) is 8.08. The van der Waals surface area contributed by atoms with Crippen LogP contribution >= 0.6 is 0 Å². The van der Waals surface area contributed by atoms with E-state index >= 15 is 0 Å². The number of rotatable bonds is 2. The van der Waals surface area contributed by atoms with Crippen LogP contribution in [0.4, 0.5) is 0 Å². The van der Waals surface area contributed by atoms with Gasteiger partial charge in [0.25, 0.3) is 0 Å². The second kappa shape index (κ2) is 3.50. The summed E-state index contributed by atoms with van der Waals surface area (Å²) < 4.78 is 2.29. The van der Waals surface area contributed by atoms with Crippen molar-refractivity contribution in [2.45, 2.75) is 39.2 Å². The summed E-state index contributed by atoms with van der Waals surface area (Å²) in [5, 5.41) is 8.92. The van der Waals surface area contributed by atoms with E-state index in [0.29, 0.717) is 0 Å². The predicted molar refractivity (Wildman–Crippen MR) is 50.7 cm³/mol. The van der Waals surface area contributed by atoms with E-state index in [2.05, 4.69) is 9.55 Å². The highest BCUT2D eigenvalue weighted by Gasteiger charge is 2.16. The molecule has 0 atom stereocenters. The largest absolute Gasteiger partial charge is 0.396 e. The van der Waals surface area contributed by atoms with E-state index in [1.54, 1.807) is 0 Å². The molecule has 0 bridgehead atoms. The molecule has 1 aromatic heterocycles. The second-order valence-corrected chi connectivity index (χ2v) is 3.64. The van der Waals surface area contributed by atoms with Crippen molar-refractivity contribution in [3.63, 3.8) is 0 Å². The van der Waals surface area contributed by atoms with Gasteiger partial charge in [-0.2, -0.15) is 0 Å². The summed E-state index contributed by atoms with van der Waals surface area (Å²) in [7, 11) is 0. The van der Waals surface area contributed by atoms with Crippen LogP contribution in [0.3, 0.4) is 0 Å². The molecule has 1 aliphatic heterocycles. The summed E-state index contributed by atoms with van der Waals surface area (Å²) in [6, 6.07) is 0.